The summed E-state index contributed by atoms with van der Waals surface area (Å²) >= 11 is 1.24. The van der Waals surface area contributed by atoms with Crippen molar-refractivity contribution in [2.24, 2.45) is 0 Å². The van der Waals surface area contributed by atoms with Gasteiger partial charge in [-0.2, -0.15) is 0 Å². The molecule has 2 heterocycles. The summed E-state index contributed by atoms with van der Waals surface area (Å²) in [5, 5.41) is 6.53. The van der Waals surface area contributed by atoms with Gasteiger partial charge in [0, 0.05) is 24.0 Å². The summed E-state index contributed by atoms with van der Waals surface area (Å²) in [6.45, 7) is 0.181. The molecule has 2 N–H and O–H groups in total. The van der Waals surface area contributed by atoms with Gasteiger partial charge in [0.1, 0.15) is 5.03 Å². The number of nitrogens with one attached hydrogen (secondary N) is 2. The predicted molar refractivity (Wildman–Crippen MR) is 126 cm³/mol. The highest BCUT2D eigenvalue weighted by Crippen LogP contribution is 2.34. The Morgan fingerprint density at radius 3 is 2.79 bits per heavy atom. The monoisotopic (exact) mass is 461 g/mol. The van der Waals surface area contributed by atoms with Crippen LogP contribution in [0.15, 0.2) is 65.8 Å². The van der Waals surface area contributed by atoms with Gasteiger partial charge in [-0.1, -0.05) is 36.0 Å². The number of aryl methyl sites for hydroxylation is 1. The molecule has 0 saturated carbocycles. The summed E-state index contributed by atoms with van der Waals surface area (Å²) in [5.74, 6) is 1.04. The van der Waals surface area contributed by atoms with Gasteiger partial charge in [0.15, 0.2) is 11.5 Å². The van der Waals surface area contributed by atoms with Crippen LogP contribution in [0, 0.1) is 0 Å². The van der Waals surface area contributed by atoms with Crippen LogP contribution in [-0.2, 0) is 17.6 Å². The summed E-state index contributed by atoms with van der Waals surface area (Å²) < 4.78 is 10.6. The van der Waals surface area contributed by atoms with E-state index in [4.69, 9.17) is 9.47 Å². The molecule has 8 heteroatoms. The highest BCUT2D eigenvalue weighted by molar-refractivity contribution is 8.00. The van der Waals surface area contributed by atoms with Crippen LogP contribution in [0.1, 0.15) is 27.9 Å². The standard InChI is InChI=1S/C25H23N3O4S/c29-23(27-19-9-10-21-22(13-19)32-15-31-21)14-33-25-20(6-3-11-26-25)24(30)28-18-8-7-16-4-1-2-5-17(16)12-18/h1-6,9-11,13,18H,7-8,12,14-15H2,(H,27,29)(H,28,30). The number of ether oxygens (including phenoxy) is 2. The zero-order valence-corrected chi connectivity index (χ0v) is 18.7. The number of amides is 2. The number of hydrogen-bond donors (Lipinski definition) is 2. The Labute approximate surface area is 195 Å². The summed E-state index contributed by atoms with van der Waals surface area (Å²) in [5.41, 5.74) is 3.75. The lowest BCUT2D eigenvalue weighted by molar-refractivity contribution is -0.113. The first-order chi connectivity index (χ1) is 16.2. The number of thioether (sulfide) groups is 1. The molecule has 1 aliphatic carbocycles. The van der Waals surface area contributed by atoms with Gasteiger partial charge in [-0.05, 0) is 54.7 Å². The number of carbonyl (C=O) groups is 2. The van der Waals surface area contributed by atoms with Crippen molar-refractivity contribution in [3.8, 4) is 11.5 Å². The number of anilines is 1. The highest BCUT2D eigenvalue weighted by Gasteiger charge is 2.22. The molecule has 0 saturated heterocycles. The van der Waals surface area contributed by atoms with Crippen LogP contribution in [-0.4, -0.2) is 35.4 Å². The number of rotatable bonds is 6. The summed E-state index contributed by atoms with van der Waals surface area (Å²) in [6, 6.07) is 17.2. The van der Waals surface area contributed by atoms with E-state index < -0.39 is 0 Å². The lowest BCUT2D eigenvalue weighted by Crippen LogP contribution is -2.39. The fraction of sp³-hybridized carbons (Fsp3) is 0.240. The van der Waals surface area contributed by atoms with Gasteiger partial charge in [-0.25, -0.2) is 4.98 Å². The number of benzene rings is 2. The topological polar surface area (TPSA) is 89.6 Å². The molecule has 2 aromatic carbocycles. The zero-order valence-electron chi connectivity index (χ0n) is 17.9. The van der Waals surface area contributed by atoms with E-state index in [1.54, 1.807) is 36.5 Å². The van der Waals surface area contributed by atoms with E-state index in [0.29, 0.717) is 27.8 Å². The van der Waals surface area contributed by atoms with E-state index in [0.717, 1.165) is 19.3 Å². The molecule has 1 atom stereocenters. The predicted octanol–water partition coefficient (Wildman–Crippen LogP) is 3.83. The van der Waals surface area contributed by atoms with Crippen molar-refractivity contribution < 1.29 is 19.1 Å². The smallest absolute Gasteiger partial charge is 0.254 e. The minimum atomic E-state index is -0.195. The van der Waals surface area contributed by atoms with Gasteiger partial charge in [0.25, 0.3) is 5.91 Å². The lowest BCUT2D eigenvalue weighted by atomic mass is 9.88. The molecule has 2 amide bonds. The van der Waals surface area contributed by atoms with Crippen LogP contribution in [0.4, 0.5) is 5.69 Å². The van der Waals surface area contributed by atoms with E-state index in [2.05, 4.69) is 33.8 Å². The molecule has 5 rings (SSSR count). The van der Waals surface area contributed by atoms with E-state index >= 15 is 0 Å². The van der Waals surface area contributed by atoms with Crippen molar-refractivity contribution in [1.29, 1.82) is 0 Å². The second-order valence-electron chi connectivity index (χ2n) is 7.94. The number of hydrogen-bond acceptors (Lipinski definition) is 6. The fourth-order valence-electron chi connectivity index (χ4n) is 4.07. The Kier molecular flexibility index (Phi) is 6.17. The minimum absolute atomic E-state index is 0.0831. The maximum atomic E-state index is 13.0. The first-order valence-corrected chi connectivity index (χ1v) is 11.8. The van der Waals surface area contributed by atoms with Gasteiger partial charge >= 0.3 is 0 Å². The lowest BCUT2D eigenvalue weighted by Gasteiger charge is -2.25. The Bertz CT molecular complexity index is 1200. The molecule has 0 fully saturated rings. The van der Waals surface area contributed by atoms with Crippen LogP contribution in [0.3, 0.4) is 0 Å². The van der Waals surface area contributed by atoms with Gasteiger partial charge in [-0.3, -0.25) is 9.59 Å². The molecule has 0 radical (unpaired) electrons. The molecule has 0 spiro atoms. The fourth-order valence-corrected chi connectivity index (χ4v) is 4.86. The summed E-state index contributed by atoms with van der Waals surface area (Å²) in [6.07, 6.45) is 4.31. The molecule has 33 heavy (non-hydrogen) atoms. The molecule has 3 aromatic rings. The number of pyridine rings is 1. The molecule has 1 aliphatic heterocycles. The zero-order chi connectivity index (χ0) is 22.6. The molecule has 168 valence electrons. The largest absolute Gasteiger partial charge is 0.454 e. The molecule has 7 nitrogen and oxygen atoms in total. The molecule has 0 bridgehead atoms. The van der Waals surface area contributed by atoms with Crippen molar-refractivity contribution in [3.05, 3.63) is 77.5 Å². The summed E-state index contributed by atoms with van der Waals surface area (Å²) in [7, 11) is 0. The second-order valence-corrected chi connectivity index (χ2v) is 8.91. The van der Waals surface area contributed by atoms with Crippen LogP contribution < -0.4 is 20.1 Å². The molecule has 1 unspecified atom stereocenters. The molecular formula is C25H23N3O4S. The maximum absolute atomic E-state index is 13.0. The number of nitrogens with zero attached hydrogens (tertiary/aromatic N) is 1. The molecule has 1 aromatic heterocycles. The average Bonchev–Trinajstić information content (AvgIpc) is 3.31. The first kappa shape index (κ1) is 21.3. The van der Waals surface area contributed by atoms with Crippen molar-refractivity contribution in [2.75, 3.05) is 17.9 Å². The number of carbonyl (C=O) groups excluding carboxylic acids is 2. The van der Waals surface area contributed by atoms with Crippen LogP contribution in [0.5, 0.6) is 11.5 Å². The minimum Gasteiger partial charge on any atom is -0.454 e. The Balaban J connectivity index is 1.19. The normalized spacial score (nSPS) is 16.1. The Morgan fingerprint density at radius 2 is 1.88 bits per heavy atom. The SMILES string of the molecule is O=C(CSc1ncccc1C(=O)NC1CCc2ccccc2C1)Nc1ccc2c(c1)OCO2. The second kappa shape index (κ2) is 9.54. The van der Waals surface area contributed by atoms with Crippen molar-refractivity contribution in [2.45, 2.75) is 30.3 Å². The van der Waals surface area contributed by atoms with Crippen molar-refractivity contribution in [3.63, 3.8) is 0 Å². The van der Waals surface area contributed by atoms with E-state index in [1.165, 1.54) is 22.9 Å². The third kappa shape index (κ3) is 4.96. The number of fused-ring (bicyclic) bond motifs is 2. The Hall–Kier alpha value is -3.52. The average molecular weight is 462 g/mol. The van der Waals surface area contributed by atoms with E-state index in [9.17, 15) is 9.59 Å². The van der Waals surface area contributed by atoms with E-state index in [1.807, 2.05) is 6.07 Å². The third-order valence-corrected chi connectivity index (χ3v) is 6.70. The van der Waals surface area contributed by atoms with E-state index in [-0.39, 0.29) is 30.4 Å². The van der Waals surface area contributed by atoms with Gasteiger partial charge in [-0.15, -0.1) is 0 Å². The van der Waals surface area contributed by atoms with Gasteiger partial charge in [0.05, 0.1) is 11.3 Å². The maximum Gasteiger partial charge on any atom is 0.254 e. The Morgan fingerprint density at radius 1 is 1.03 bits per heavy atom. The quantitative estimate of drug-likeness (QED) is 0.543. The van der Waals surface area contributed by atoms with Crippen LogP contribution in [0.2, 0.25) is 0 Å². The molecule has 2 aliphatic rings. The van der Waals surface area contributed by atoms with Crippen molar-refractivity contribution in [1.82, 2.24) is 10.3 Å². The number of aromatic nitrogens is 1. The van der Waals surface area contributed by atoms with Crippen LogP contribution >= 0.6 is 11.8 Å². The first-order valence-electron chi connectivity index (χ1n) is 10.8. The molecular weight excluding hydrogens is 438 g/mol. The van der Waals surface area contributed by atoms with Crippen LogP contribution in [0.25, 0.3) is 0 Å². The van der Waals surface area contributed by atoms with Gasteiger partial charge < -0.3 is 20.1 Å². The van der Waals surface area contributed by atoms with Crippen molar-refractivity contribution >= 4 is 29.3 Å². The highest BCUT2D eigenvalue weighted by atomic mass is 32.2. The summed E-state index contributed by atoms with van der Waals surface area (Å²) in [4.78, 5) is 29.8. The third-order valence-electron chi connectivity index (χ3n) is 5.69. The van der Waals surface area contributed by atoms with Gasteiger partial charge in [0.2, 0.25) is 12.7 Å².